The molecule has 2 unspecified atom stereocenters. The molecule has 1 amide bonds. The van der Waals surface area contributed by atoms with Crippen molar-refractivity contribution in [3.8, 4) is 0 Å². The van der Waals surface area contributed by atoms with E-state index in [1.165, 1.54) is 41.9 Å². The Morgan fingerprint density at radius 3 is 2.48 bits per heavy atom. The van der Waals surface area contributed by atoms with E-state index in [0.717, 1.165) is 9.69 Å². The largest absolute Gasteiger partial charge is 0.467 e. The Hall–Kier alpha value is -3.32. The molecule has 3 aromatic rings. The third kappa shape index (κ3) is 5.36. The number of aromatic nitrogens is 2. The second-order valence-corrected chi connectivity index (χ2v) is 12.4. The van der Waals surface area contributed by atoms with Crippen molar-refractivity contribution in [3.05, 3.63) is 69.6 Å². The molecule has 5 rings (SSSR count). The number of piperazine rings is 1. The lowest BCUT2D eigenvalue weighted by atomic mass is 9.85. The zero-order chi connectivity index (χ0) is 28.6. The number of aryl methyl sites for hydroxylation is 1. The summed E-state index contributed by atoms with van der Waals surface area (Å²) in [7, 11) is -1.42. The van der Waals surface area contributed by atoms with Gasteiger partial charge in [-0.3, -0.25) is 9.59 Å². The predicted octanol–water partition coefficient (Wildman–Crippen LogP) is 1.70. The van der Waals surface area contributed by atoms with Gasteiger partial charge >= 0.3 is 5.97 Å². The van der Waals surface area contributed by atoms with Crippen molar-refractivity contribution < 1.29 is 22.7 Å². The number of piperidine rings is 1. The summed E-state index contributed by atoms with van der Waals surface area (Å²) in [5.74, 6) is -1.35. The van der Waals surface area contributed by atoms with Gasteiger partial charge in [-0.1, -0.05) is 23.7 Å². The van der Waals surface area contributed by atoms with Crippen molar-refractivity contribution >= 4 is 44.3 Å². The van der Waals surface area contributed by atoms with Crippen LogP contribution in [0.5, 0.6) is 0 Å². The van der Waals surface area contributed by atoms with Crippen LogP contribution in [0.3, 0.4) is 0 Å². The van der Waals surface area contributed by atoms with Gasteiger partial charge in [0.1, 0.15) is 6.04 Å². The second kappa shape index (κ2) is 11.3. The summed E-state index contributed by atoms with van der Waals surface area (Å²) < 4.78 is 34.8. The van der Waals surface area contributed by atoms with E-state index in [2.05, 4.69) is 10.4 Å². The van der Waals surface area contributed by atoms with E-state index in [-0.39, 0.29) is 22.9 Å². The normalized spacial score (nSPS) is 20.0. The number of fused-ring (bicyclic) bond motifs is 1. The highest BCUT2D eigenvalue weighted by Gasteiger charge is 2.48. The highest BCUT2D eigenvalue weighted by molar-refractivity contribution is 7.89. The number of ether oxygens (including phenoxy) is 1. The quantitative estimate of drug-likeness (QED) is 0.431. The van der Waals surface area contributed by atoms with Crippen LogP contribution in [-0.4, -0.2) is 78.6 Å². The third-order valence-corrected chi connectivity index (χ3v) is 9.65. The fourth-order valence-electron chi connectivity index (χ4n) is 5.56. The fraction of sp³-hybridized carbons (Fsp3) is 0.407. The number of rotatable bonds is 6. The molecular formula is C27H30ClN5O6S. The molecule has 0 bridgehead atoms. The van der Waals surface area contributed by atoms with Gasteiger partial charge in [0.25, 0.3) is 5.56 Å². The number of sulfonamides is 1. The Morgan fingerprint density at radius 2 is 1.77 bits per heavy atom. The Labute approximate surface area is 236 Å². The first-order chi connectivity index (χ1) is 19.1. The van der Waals surface area contributed by atoms with Gasteiger partial charge in [-0.15, -0.1) is 0 Å². The second-order valence-electron chi connectivity index (χ2n) is 10.0. The van der Waals surface area contributed by atoms with Gasteiger partial charge in [-0.05, 0) is 73.0 Å². The Morgan fingerprint density at radius 1 is 1.07 bits per heavy atom. The van der Waals surface area contributed by atoms with Crippen molar-refractivity contribution in [1.82, 2.24) is 24.3 Å². The van der Waals surface area contributed by atoms with E-state index < -0.39 is 40.5 Å². The number of nitrogens with zero attached hydrogens (tertiary/aromatic N) is 4. The summed E-state index contributed by atoms with van der Waals surface area (Å²) in [4.78, 5) is 40.5. The number of hydrogen-bond donors (Lipinski definition) is 1. The summed E-state index contributed by atoms with van der Waals surface area (Å²) >= 11 is 6.06. The van der Waals surface area contributed by atoms with Gasteiger partial charge in [0, 0.05) is 24.7 Å². The van der Waals surface area contributed by atoms with E-state index >= 15 is 0 Å². The van der Waals surface area contributed by atoms with Crippen LogP contribution in [0.1, 0.15) is 24.6 Å². The topological polar surface area (TPSA) is 131 Å². The SMILES string of the molecule is COC(=O)C1CN(S(=O)(=O)c2ccc3cc(Cl)ccc3c2)CC(=O)N1C(c1ccc(=O)n(C)n1)C1CCNCC1. The monoisotopic (exact) mass is 587 g/mol. The standard InChI is InChI=1S/C27H30ClN5O6S/c1-31-24(34)8-7-22(30-31)26(17-9-11-29-12-10-17)33-23(27(36)39-2)15-32(16-25(33)35)40(37,38)21-6-4-18-13-20(28)5-3-19(18)14-21/h3-8,13-14,17,23,26,29H,9-12,15-16H2,1-2H3. The maximum absolute atomic E-state index is 13.9. The molecule has 0 radical (unpaired) electrons. The Bertz CT molecular complexity index is 1620. The van der Waals surface area contributed by atoms with Crippen molar-refractivity contribution in [2.45, 2.75) is 29.8 Å². The molecule has 0 spiro atoms. The van der Waals surface area contributed by atoms with Crippen LogP contribution in [0.25, 0.3) is 10.8 Å². The number of amides is 1. The van der Waals surface area contributed by atoms with E-state index in [1.807, 2.05) is 0 Å². The Kier molecular flexibility index (Phi) is 7.96. The number of carbonyl (C=O) groups excluding carboxylic acids is 2. The number of benzene rings is 2. The molecule has 11 nitrogen and oxygen atoms in total. The molecule has 2 aliphatic rings. The molecule has 0 saturated carbocycles. The lowest BCUT2D eigenvalue weighted by Gasteiger charge is -2.45. The van der Waals surface area contributed by atoms with E-state index in [9.17, 15) is 22.8 Å². The van der Waals surface area contributed by atoms with Gasteiger partial charge < -0.3 is 15.0 Å². The van der Waals surface area contributed by atoms with Crippen molar-refractivity contribution in [3.63, 3.8) is 0 Å². The number of methoxy groups -OCH3 is 1. The number of halogens is 1. The van der Waals surface area contributed by atoms with Crippen LogP contribution in [0.2, 0.25) is 5.02 Å². The zero-order valence-electron chi connectivity index (χ0n) is 22.1. The molecule has 3 heterocycles. The summed E-state index contributed by atoms with van der Waals surface area (Å²) in [6, 6.07) is 10.9. The molecule has 2 aromatic carbocycles. The highest BCUT2D eigenvalue weighted by atomic mass is 35.5. The maximum Gasteiger partial charge on any atom is 0.329 e. The minimum Gasteiger partial charge on any atom is -0.467 e. The fourth-order valence-corrected chi connectivity index (χ4v) is 7.17. The van der Waals surface area contributed by atoms with Gasteiger partial charge in [-0.25, -0.2) is 17.9 Å². The first-order valence-corrected chi connectivity index (χ1v) is 14.8. The van der Waals surface area contributed by atoms with Gasteiger partial charge in [0.05, 0.1) is 30.3 Å². The molecule has 13 heteroatoms. The maximum atomic E-state index is 13.9. The molecule has 2 aliphatic heterocycles. The third-order valence-electron chi connectivity index (χ3n) is 7.61. The first kappa shape index (κ1) is 28.2. The molecule has 2 saturated heterocycles. The number of hydrogen-bond acceptors (Lipinski definition) is 8. The molecular weight excluding hydrogens is 558 g/mol. The lowest BCUT2D eigenvalue weighted by molar-refractivity contribution is -0.160. The van der Waals surface area contributed by atoms with E-state index in [4.69, 9.17) is 16.3 Å². The number of esters is 1. The first-order valence-electron chi connectivity index (χ1n) is 12.9. The summed E-state index contributed by atoms with van der Waals surface area (Å²) in [6.07, 6.45) is 1.41. The summed E-state index contributed by atoms with van der Waals surface area (Å²) in [6.45, 7) is 0.686. The summed E-state index contributed by atoms with van der Waals surface area (Å²) in [5.41, 5.74) is 0.151. The lowest BCUT2D eigenvalue weighted by Crippen LogP contribution is -2.62. The Balaban J connectivity index is 1.53. The minimum absolute atomic E-state index is 0.00168. The smallest absolute Gasteiger partial charge is 0.329 e. The van der Waals surface area contributed by atoms with Crippen molar-refractivity contribution in [2.24, 2.45) is 13.0 Å². The average Bonchev–Trinajstić information content (AvgIpc) is 2.95. The van der Waals surface area contributed by atoms with Crippen molar-refractivity contribution in [1.29, 1.82) is 0 Å². The number of nitrogens with one attached hydrogen (secondary N) is 1. The molecule has 1 aromatic heterocycles. The van der Waals surface area contributed by atoms with Gasteiger partial charge in [0.15, 0.2) is 0 Å². The average molecular weight is 588 g/mol. The molecule has 40 heavy (non-hydrogen) atoms. The molecule has 212 valence electrons. The van der Waals surface area contributed by atoms with Crippen LogP contribution in [-0.2, 0) is 31.4 Å². The highest BCUT2D eigenvalue weighted by Crippen LogP contribution is 2.37. The predicted molar refractivity (Wildman–Crippen MR) is 148 cm³/mol. The van der Waals surface area contributed by atoms with Gasteiger partial charge in [-0.2, -0.15) is 9.40 Å². The van der Waals surface area contributed by atoms with Crippen LogP contribution in [0.15, 0.2) is 58.2 Å². The van der Waals surface area contributed by atoms with Gasteiger partial charge in [0.2, 0.25) is 15.9 Å². The van der Waals surface area contributed by atoms with E-state index in [1.54, 1.807) is 30.3 Å². The van der Waals surface area contributed by atoms with Crippen molar-refractivity contribution in [2.75, 3.05) is 33.3 Å². The van der Waals surface area contributed by atoms with Crippen LogP contribution in [0.4, 0.5) is 0 Å². The number of carbonyl (C=O) groups is 2. The molecule has 2 atom stereocenters. The minimum atomic E-state index is -4.15. The molecule has 1 N–H and O–H groups in total. The van der Waals surface area contributed by atoms with E-state index in [0.29, 0.717) is 42.0 Å². The van der Waals surface area contributed by atoms with Crippen LogP contribution >= 0.6 is 11.6 Å². The van der Waals surface area contributed by atoms with Crippen LogP contribution in [0, 0.1) is 5.92 Å². The molecule has 0 aliphatic carbocycles. The molecule has 2 fully saturated rings. The van der Waals surface area contributed by atoms with Crippen LogP contribution < -0.4 is 10.9 Å². The zero-order valence-corrected chi connectivity index (χ0v) is 23.7. The summed E-state index contributed by atoms with van der Waals surface area (Å²) in [5, 5.41) is 9.70.